The van der Waals surface area contributed by atoms with E-state index in [4.69, 9.17) is 5.41 Å². The molecule has 0 radical (unpaired) electrons. The van der Waals surface area contributed by atoms with Gasteiger partial charge in [0.2, 0.25) is 0 Å². The van der Waals surface area contributed by atoms with Crippen LogP contribution in [-0.2, 0) is 19.8 Å². The van der Waals surface area contributed by atoms with Crippen LogP contribution in [0.4, 0.5) is 17.6 Å². The maximum atomic E-state index is 13.9. The normalized spacial score (nSPS) is 16.6. The molecule has 1 aliphatic heterocycles. The van der Waals surface area contributed by atoms with Crippen molar-refractivity contribution < 1.29 is 22.4 Å². The van der Waals surface area contributed by atoms with Crippen molar-refractivity contribution in [2.45, 2.75) is 38.5 Å². The molecule has 206 valence electrons. The predicted molar refractivity (Wildman–Crippen MR) is 138 cm³/mol. The summed E-state index contributed by atoms with van der Waals surface area (Å²) in [5.74, 6) is -0.239. The first-order valence-corrected chi connectivity index (χ1v) is 12.8. The third-order valence-corrected chi connectivity index (χ3v) is 7.32. The number of carbonyl (C=O) groups excluding carboxylic acids is 1. The Kier molecular flexibility index (Phi) is 6.86. The molecular formula is C28H30F4N6O. The Balaban J connectivity index is 1.52. The molecule has 1 amide bonds. The zero-order chi connectivity index (χ0) is 28.1. The highest BCUT2D eigenvalue weighted by molar-refractivity contribution is 5.96. The quantitative estimate of drug-likeness (QED) is 0.407. The number of rotatable bonds is 7. The number of benzene rings is 2. The lowest BCUT2D eigenvalue weighted by Crippen LogP contribution is -2.31. The molecule has 1 aromatic heterocycles. The van der Waals surface area contributed by atoms with Crippen LogP contribution < -0.4 is 5.32 Å². The zero-order valence-electron chi connectivity index (χ0n) is 21.9. The number of nitrogens with zero attached hydrogens (tertiary/aromatic N) is 4. The van der Waals surface area contributed by atoms with Crippen molar-refractivity contribution in [1.82, 2.24) is 24.9 Å². The van der Waals surface area contributed by atoms with Gasteiger partial charge in [0.1, 0.15) is 5.82 Å². The lowest BCUT2D eigenvalue weighted by atomic mass is 9.97. The molecular weight excluding hydrogens is 512 g/mol. The molecule has 11 heteroatoms. The standard InChI is InChI=1S/C28H30F4N6O/c1-16-10-19(6-7-23(16)29)24(18-4-5-18)34-26(39)21-12-17(14-38-9-8-36(2)27(38)33)11-20(13-21)22-15-37(3)35-25(22)28(30,31)32/h6-7,10-13,15,18,24,33H,4-5,8-9,14H2,1-3H3,(H,34,39). The summed E-state index contributed by atoms with van der Waals surface area (Å²) < 4.78 is 56.5. The van der Waals surface area contributed by atoms with Crippen molar-refractivity contribution in [1.29, 1.82) is 5.41 Å². The summed E-state index contributed by atoms with van der Waals surface area (Å²) >= 11 is 0. The van der Waals surface area contributed by atoms with Crippen LogP contribution >= 0.6 is 0 Å². The van der Waals surface area contributed by atoms with E-state index in [-0.39, 0.29) is 41.0 Å². The lowest BCUT2D eigenvalue weighted by Gasteiger charge is -2.22. The maximum absolute atomic E-state index is 13.9. The van der Waals surface area contributed by atoms with Gasteiger partial charge in [0, 0.05) is 51.1 Å². The Morgan fingerprint density at radius 2 is 1.90 bits per heavy atom. The number of hydrogen-bond acceptors (Lipinski definition) is 3. The van der Waals surface area contributed by atoms with Crippen LogP contribution in [0.1, 0.15) is 51.6 Å². The van der Waals surface area contributed by atoms with Gasteiger partial charge < -0.3 is 15.1 Å². The molecule has 1 unspecified atom stereocenters. The van der Waals surface area contributed by atoms with E-state index >= 15 is 0 Å². The molecule has 2 aromatic carbocycles. The van der Waals surface area contributed by atoms with E-state index in [0.717, 1.165) is 23.1 Å². The van der Waals surface area contributed by atoms with E-state index in [1.54, 1.807) is 43.1 Å². The van der Waals surface area contributed by atoms with Gasteiger partial charge in [-0.25, -0.2) is 4.39 Å². The first-order valence-electron chi connectivity index (χ1n) is 12.8. The highest BCUT2D eigenvalue weighted by Gasteiger charge is 2.38. The molecule has 2 N–H and O–H groups in total. The minimum Gasteiger partial charge on any atom is -0.345 e. The summed E-state index contributed by atoms with van der Waals surface area (Å²) in [5, 5.41) is 15.0. The molecule has 1 atom stereocenters. The second kappa shape index (κ2) is 10.0. The molecule has 1 saturated heterocycles. The minimum absolute atomic E-state index is 0.123. The van der Waals surface area contributed by atoms with E-state index < -0.39 is 17.8 Å². The van der Waals surface area contributed by atoms with Crippen molar-refractivity contribution in [2.24, 2.45) is 13.0 Å². The Hall–Kier alpha value is -3.89. The number of halogens is 4. The Labute approximate surface area is 223 Å². The molecule has 2 heterocycles. The number of nitrogens with one attached hydrogen (secondary N) is 2. The number of aryl methyl sites for hydroxylation is 2. The summed E-state index contributed by atoms with van der Waals surface area (Å²) in [6, 6.07) is 9.16. The summed E-state index contributed by atoms with van der Waals surface area (Å²) in [6.45, 7) is 3.18. The van der Waals surface area contributed by atoms with Gasteiger partial charge >= 0.3 is 6.18 Å². The predicted octanol–water partition coefficient (Wildman–Crippen LogP) is 5.12. The Morgan fingerprint density at radius 1 is 1.15 bits per heavy atom. The van der Waals surface area contributed by atoms with Gasteiger partial charge in [-0.15, -0.1) is 0 Å². The zero-order valence-corrected chi connectivity index (χ0v) is 21.9. The van der Waals surface area contributed by atoms with Crippen LogP contribution in [0.25, 0.3) is 11.1 Å². The monoisotopic (exact) mass is 542 g/mol. The molecule has 0 bridgehead atoms. The SMILES string of the molecule is Cc1cc(C(NC(=O)c2cc(CN3CCN(C)C3=N)cc(-c3cn(C)nc3C(F)(F)F)c2)C2CC2)ccc1F. The molecule has 0 spiro atoms. The number of alkyl halides is 3. The van der Waals surface area contributed by atoms with Crippen molar-refractivity contribution in [3.8, 4) is 11.1 Å². The van der Waals surface area contributed by atoms with Crippen molar-refractivity contribution >= 4 is 11.9 Å². The molecule has 2 fully saturated rings. The average Bonchev–Trinajstić information content (AvgIpc) is 3.57. The van der Waals surface area contributed by atoms with E-state index in [0.29, 0.717) is 30.2 Å². The van der Waals surface area contributed by atoms with Crippen molar-refractivity contribution in [3.05, 3.63) is 76.4 Å². The molecule has 39 heavy (non-hydrogen) atoms. The maximum Gasteiger partial charge on any atom is 0.435 e. The second-order valence-corrected chi connectivity index (χ2v) is 10.4. The molecule has 5 rings (SSSR count). The summed E-state index contributed by atoms with van der Waals surface area (Å²) in [7, 11) is 3.22. The van der Waals surface area contributed by atoms with Gasteiger partial charge in [-0.05, 0) is 72.2 Å². The Bertz CT molecular complexity index is 1430. The number of carbonyl (C=O) groups is 1. The number of amides is 1. The fourth-order valence-electron chi connectivity index (χ4n) is 5.07. The largest absolute Gasteiger partial charge is 0.435 e. The van der Waals surface area contributed by atoms with Gasteiger partial charge in [-0.2, -0.15) is 18.3 Å². The molecule has 3 aromatic rings. The highest BCUT2D eigenvalue weighted by Crippen LogP contribution is 2.42. The average molecular weight is 543 g/mol. The highest BCUT2D eigenvalue weighted by atomic mass is 19.4. The first kappa shape index (κ1) is 26.7. The second-order valence-electron chi connectivity index (χ2n) is 10.4. The third-order valence-electron chi connectivity index (χ3n) is 7.32. The van der Waals surface area contributed by atoms with Crippen LogP contribution in [-0.4, -0.2) is 51.6 Å². The summed E-state index contributed by atoms with van der Waals surface area (Å²) in [5.41, 5.74) is 1.16. The molecule has 7 nitrogen and oxygen atoms in total. The van der Waals surface area contributed by atoms with Crippen LogP contribution in [0.2, 0.25) is 0 Å². The van der Waals surface area contributed by atoms with Gasteiger partial charge in [0.15, 0.2) is 11.7 Å². The minimum atomic E-state index is -4.67. The number of hydrogen-bond donors (Lipinski definition) is 2. The van der Waals surface area contributed by atoms with Gasteiger partial charge in [0.25, 0.3) is 5.91 Å². The topological polar surface area (TPSA) is 77.3 Å². The van der Waals surface area contributed by atoms with E-state index in [9.17, 15) is 22.4 Å². The lowest BCUT2D eigenvalue weighted by molar-refractivity contribution is -0.140. The fourth-order valence-corrected chi connectivity index (χ4v) is 5.07. The number of guanidine groups is 1. The van der Waals surface area contributed by atoms with Crippen LogP contribution in [0.5, 0.6) is 0 Å². The van der Waals surface area contributed by atoms with E-state index in [1.807, 2.05) is 4.90 Å². The van der Waals surface area contributed by atoms with Gasteiger partial charge in [0.05, 0.1) is 6.04 Å². The fraction of sp³-hybridized carbons (Fsp3) is 0.393. The van der Waals surface area contributed by atoms with Crippen LogP contribution in [0.3, 0.4) is 0 Å². The van der Waals surface area contributed by atoms with Gasteiger partial charge in [-0.3, -0.25) is 14.9 Å². The summed E-state index contributed by atoms with van der Waals surface area (Å²) in [4.78, 5) is 17.2. The number of likely N-dealkylation sites (N-methyl/N-ethyl adjacent to an activating group) is 1. The smallest absolute Gasteiger partial charge is 0.345 e. The van der Waals surface area contributed by atoms with Crippen molar-refractivity contribution in [2.75, 3.05) is 20.1 Å². The molecule has 2 aliphatic rings. The van der Waals surface area contributed by atoms with Crippen LogP contribution in [0.15, 0.2) is 42.6 Å². The van der Waals surface area contributed by atoms with E-state index in [1.165, 1.54) is 25.4 Å². The molecule has 1 aliphatic carbocycles. The van der Waals surface area contributed by atoms with E-state index in [2.05, 4.69) is 10.4 Å². The molecule has 1 saturated carbocycles. The Morgan fingerprint density at radius 3 is 2.51 bits per heavy atom. The summed E-state index contributed by atoms with van der Waals surface area (Å²) in [6.07, 6.45) is -1.54. The third kappa shape index (κ3) is 5.62. The number of aromatic nitrogens is 2. The first-order chi connectivity index (χ1) is 18.4. The van der Waals surface area contributed by atoms with Gasteiger partial charge in [-0.1, -0.05) is 12.1 Å². The van der Waals surface area contributed by atoms with Crippen LogP contribution in [0, 0.1) is 24.1 Å². The van der Waals surface area contributed by atoms with Crippen molar-refractivity contribution in [3.63, 3.8) is 0 Å².